The van der Waals surface area contributed by atoms with E-state index in [1.165, 1.54) is 6.92 Å². The van der Waals surface area contributed by atoms with Gasteiger partial charge in [0.1, 0.15) is 0 Å². The van der Waals surface area contributed by atoms with Crippen molar-refractivity contribution in [1.82, 2.24) is 0 Å². The molecule has 0 aromatic carbocycles. The Morgan fingerprint density at radius 2 is 0.818 bits per heavy atom. The minimum Gasteiger partial charge on any atom is -0.478 e. The molecule has 198 valence electrons. The van der Waals surface area contributed by atoms with E-state index in [-0.39, 0.29) is 12.5 Å². The molecule has 0 aliphatic rings. The van der Waals surface area contributed by atoms with Crippen molar-refractivity contribution < 1.29 is 84.5 Å². The van der Waals surface area contributed by atoms with Crippen molar-refractivity contribution in [3.8, 4) is 0 Å². The zero-order valence-corrected chi connectivity index (χ0v) is 15.7. The van der Waals surface area contributed by atoms with Crippen LogP contribution in [0.5, 0.6) is 0 Å². The Kier molecular flexibility index (Phi) is 9.05. The molecule has 33 heavy (non-hydrogen) atoms. The highest BCUT2D eigenvalue weighted by Crippen LogP contribution is 2.64. The molecule has 0 heterocycles. The summed E-state index contributed by atoms with van der Waals surface area (Å²) in [5.74, 6) is -56.6. The van der Waals surface area contributed by atoms with E-state index in [0.29, 0.717) is 0 Å². The highest BCUT2D eigenvalue weighted by Gasteiger charge is 2.95. The first-order chi connectivity index (χ1) is 14.0. The van der Waals surface area contributed by atoms with E-state index < -0.39 is 60.0 Å². The summed E-state index contributed by atoms with van der Waals surface area (Å²) < 4.78 is 215. The monoisotopic (exact) mass is 534 g/mol. The molecule has 1 N–H and O–H groups in total. The third kappa shape index (κ3) is 5.09. The van der Waals surface area contributed by atoms with Gasteiger partial charge in [-0.05, 0) is 6.92 Å². The zero-order valence-electron chi connectivity index (χ0n) is 15.7. The molecule has 2 nitrogen and oxygen atoms in total. The maximum absolute atomic E-state index is 13.1. The topological polar surface area (TPSA) is 37.3 Å². The molecule has 0 bridgehead atoms. The van der Waals surface area contributed by atoms with Crippen molar-refractivity contribution in [3.05, 3.63) is 12.2 Å². The Labute approximate surface area is 172 Å². The molecule has 0 amide bonds. The number of carbonyl (C=O) groups is 1. The standard InChI is InChI=1S/C10H5F17.C4H6O2/c1-2-3(11,12)4(13,14)5(15,16)6(17,18)7(19,20)8(21,22)9(23,24)10(25,26)27;1-3(2)4(5)6/h2H2,1H3;1H2,2H3,(H,5,6). The van der Waals surface area contributed by atoms with Crippen LogP contribution < -0.4 is 0 Å². The summed E-state index contributed by atoms with van der Waals surface area (Å²) in [4.78, 5) is 9.60. The summed E-state index contributed by atoms with van der Waals surface area (Å²) >= 11 is 0. The Hall–Kier alpha value is -1.98. The van der Waals surface area contributed by atoms with E-state index in [1.807, 2.05) is 0 Å². The Morgan fingerprint density at radius 1 is 0.606 bits per heavy atom. The molecule has 0 fully saturated rings. The molecule has 0 saturated heterocycles. The fraction of sp³-hybridized carbons (Fsp3) is 0.786. The third-order valence-electron chi connectivity index (χ3n) is 3.60. The molecular weight excluding hydrogens is 523 g/mol. The molecular formula is C14H11F17O2. The molecule has 0 aromatic heterocycles. The number of carboxylic acid groups (broad SMARTS) is 1. The Bertz CT molecular complexity index is 708. The summed E-state index contributed by atoms with van der Waals surface area (Å²) in [6.07, 6.45) is -10.2. The van der Waals surface area contributed by atoms with Gasteiger partial charge in [0.05, 0.1) is 0 Å². The van der Waals surface area contributed by atoms with Gasteiger partial charge in [-0.3, -0.25) is 0 Å². The van der Waals surface area contributed by atoms with Crippen LogP contribution in [0.1, 0.15) is 20.3 Å². The average molecular weight is 534 g/mol. The summed E-state index contributed by atoms with van der Waals surface area (Å²) in [6.45, 7) is 4.54. The van der Waals surface area contributed by atoms with Crippen LogP contribution in [0.3, 0.4) is 0 Å². The number of hydrogen-bond donors (Lipinski definition) is 1. The second kappa shape index (κ2) is 8.99. The molecule has 0 rings (SSSR count). The smallest absolute Gasteiger partial charge is 0.460 e. The number of alkyl halides is 17. The van der Waals surface area contributed by atoms with E-state index in [0.717, 1.165) is 0 Å². The Morgan fingerprint density at radius 3 is 1.00 bits per heavy atom. The SMILES string of the molecule is C=C(C)C(=O)O.CCC(F)(F)C(F)(F)C(F)(F)C(F)(F)C(F)(F)C(F)(F)C(F)(F)C(F)(F)F. The van der Waals surface area contributed by atoms with Crippen LogP contribution >= 0.6 is 0 Å². The molecule has 0 aliphatic heterocycles. The van der Waals surface area contributed by atoms with Crippen molar-refractivity contribution in [2.24, 2.45) is 0 Å². The fourth-order valence-electron chi connectivity index (χ4n) is 1.42. The predicted molar refractivity (Wildman–Crippen MR) is 73.4 cm³/mol. The van der Waals surface area contributed by atoms with Crippen LogP contribution in [0.2, 0.25) is 0 Å². The molecule has 0 saturated carbocycles. The lowest BCUT2D eigenvalue weighted by Gasteiger charge is -2.42. The zero-order chi connectivity index (χ0) is 27.9. The van der Waals surface area contributed by atoms with Crippen LogP contribution in [0.25, 0.3) is 0 Å². The van der Waals surface area contributed by atoms with Crippen molar-refractivity contribution in [2.45, 2.75) is 67.9 Å². The number of rotatable bonds is 8. The lowest BCUT2D eigenvalue weighted by Crippen LogP contribution is -2.74. The second-order valence-corrected chi connectivity index (χ2v) is 6.09. The van der Waals surface area contributed by atoms with Gasteiger partial charge in [0, 0.05) is 12.0 Å². The van der Waals surface area contributed by atoms with Gasteiger partial charge in [0.2, 0.25) is 0 Å². The number of halogens is 17. The van der Waals surface area contributed by atoms with Crippen LogP contribution in [0, 0.1) is 0 Å². The molecule has 0 atom stereocenters. The number of carboxylic acids is 1. The van der Waals surface area contributed by atoms with E-state index in [4.69, 9.17) is 5.11 Å². The molecule has 19 heteroatoms. The quantitative estimate of drug-likeness (QED) is 0.268. The van der Waals surface area contributed by atoms with Crippen LogP contribution in [0.4, 0.5) is 74.6 Å². The van der Waals surface area contributed by atoms with E-state index >= 15 is 0 Å². The lowest BCUT2D eigenvalue weighted by atomic mass is 9.88. The van der Waals surface area contributed by atoms with Gasteiger partial charge in [-0.15, -0.1) is 0 Å². The average Bonchev–Trinajstić information content (AvgIpc) is 2.59. The van der Waals surface area contributed by atoms with Crippen LogP contribution in [-0.4, -0.2) is 58.7 Å². The van der Waals surface area contributed by atoms with Gasteiger partial charge in [0.25, 0.3) is 0 Å². The van der Waals surface area contributed by atoms with Gasteiger partial charge in [-0.2, -0.15) is 74.6 Å². The first-order valence-corrected chi connectivity index (χ1v) is 7.55. The highest BCUT2D eigenvalue weighted by atomic mass is 19.4. The molecule has 0 radical (unpaired) electrons. The van der Waals surface area contributed by atoms with Gasteiger partial charge in [0.15, 0.2) is 0 Å². The minimum atomic E-state index is -8.56. The van der Waals surface area contributed by atoms with Crippen molar-refractivity contribution in [3.63, 3.8) is 0 Å². The van der Waals surface area contributed by atoms with Gasteiger partial charge in [-0.25, -0.2) is 4.79 Å². The van der Waals surface area contributed by atoms with Gasteiger partial charge >= 0.3 is 53.6 Å². The first kappa shape index (κ1) is 33.2. The summed E-state index contributed by atoms with van der Waals surface area (Å²) in [5.41, 5.74) is 0.176. The van der Waals surface area contributed by atoms with Crippen LogP contribution in [0.15, 0.2) is 12.2 Å². The highest BCUT2D eigenvalue weighted by molar-refractivity contribution is 5.84. The largest absolute Gasteiger partial charge is 0.478 e. The Balaban J connectivity index is 0. The number of aliphatic carboxylic acids is 1. The second-order valence-electron chi connectivity index (χ2n) is 6.09. The number of hydrogen-bond acceptors (Lipinski definition) is 1. The molecule has 0 spiro atoms. The maximum Gasteiger partial charge on any atom is 0.460 e. The van der Waals surface area contributed by atoms with Crippen LogP contribution in [-0.2, 0) is 4.79 Å². The maximum atomic E-state index is 13.1. The fourth-order valence-corrected chi connectivity index (χ4v) is 1.42. The van der Waals surface area contributed by atoms with Crippen molar-refractivity contribution >= 4 is 5.97 Å². The molecule has 0 unspecified atom stereocenters. The summed E-state index contributed by atoms with van der Waals surface area (Å²) in [6, 6.07) is 0. The van der Waals surface area contributed by atoms with E-state index in [1.54, 1.807) is 0 Å². The predicted octanol–water partition coefficient (Wildman–Crippen LogP) is 7.05. The molecule has 0 aromatic rings. The third-order valence-corrected chi connectivity index (χ3v) is 3.60. The van der Waals surface area contributed by atoms with Crippen molar-refractivity contribution in [1.29, 1.82) is 0 Å². The summed E-state index contributed by atoms with van der Waals surface area (Å²) in [5, 5.41) is 7.89. The minimum absolute atomic E-state index is 0.0628. The van der Waals surface area contributed by atoms with Gasteiger partial charge < -0.3 is 5.11 Å². The summed E-state index contributed by atoms with van der Waals surface area (Å²) in [7, 11) is 0. The lowest BCUT2D eigenvalue weighted by molar-refractivity contribution is -0.461. The van der Waals surface area contributed by atoms with E-state index in [9.17, 15) is 79.4 Å². The van der Waals surface area contributed by atoms with E-state index in [2.05, 4.69) is 6.58 Å². The van der Waals surface area contributed by atoms with Crippen molar-refractivity contribution in [2.75, 3.05) is 0 Å². The molecule has 0 aliphatic carbocycles. The van der Waals surface area contributed by atoms with Gasteiger partial charge in [-0.1, -0.05) is 13.5 Å². The first-order valence-electron chi connectivity index (χ1n) is 7.55. The normalized spacial score (nSPS) is 15.0.